The molecule has 7 heteroatoms. The average Bonchev–Trinajstić information content (AvgIpc) is 2.65. The van der Waals surface area contributed by atoms with Gasteiger partial charge >= 0.3 is 0 Å². The van der Waals surface area contributed by atoms with E-state index in [1.807, 2.05) is 18.2 Å². The number of nitrogens with one attached hydrogen (secondary N) is 1. The molecule has 0 aliphatic rings. The second-order valence-corrected chi connectivity index (χ2v) is 6.25. The van der Waals surface area contributed by atoms with Gasteiger partial charge in [-0.1, -0.05) is 19.9 Å². The van der Waals surface area contributed by atoms with E-state index in [4.69, 9.17) is 15.2 Å². The Morgan fingerprint density at radius 1 is 1.19 bits per heavy atom. The van der Waals surface area contributed by atoms with Crippen molar-refractivity contribution in [1.29, 1.82) is 0 Å². The largest absolute Gasteiger partial charge is 0.493 e. The van der Waals surface area contributed by atoms with Crippen molar-refractivity contribution in [2.45, 2.75) is 39.5 Å². The van der Waals surface area contributed by atoms with Crippen molar-refractivity contribution < 1.29 is 14.6 Å². The van der Waals surface area contributed by atoms with E-state index in [0.29, 0.717) is 19.0 Å². The van der Waals surface area contributed by atoms with Crippen LogP contribution in [0.4, 0.5) is 0 Å². The number of hydrogen-bond acceptors (Lipinski definition) is 4. The first-order chi connectivity index (χ1) is 12.0. The van der Waals surface area contributed by atoms with Crippen LogP contribution in [0, 0.1) is 5.41 Å². The molecule has 0 aliphatic heterocycles. The van der Waals surface area contributed by atoms with E-state index < -0.39 is 0 Å². The molecule has 0 heterocycles. The number of guanidine groups is 1. The van der Waals surface area contributed by atoms with Crippen LogP contribution in [-0.2, 0) is 6.42 Å². The molecule has 0 unspecified atom stereocenters. The van der Waals surface area contributed by atoms with E-state index in [9.17, 15) is 5.11 Å². The Morgan fingerprint density at radius 3 is 2.38 bits per heavy atom. The number of ether oxygens (including phenoxy) is 2. The third-order valence-corrected chi connectivity index (χ3v) is 4.89. The van der Waals surface area contributed by atoms with Gasteiger partial charge in [-0.25, -0.2) is 0 Å². The first-order valence-electron chi connectivity index (χ1n) is 8.89. The molecule has 1 aromatic rings. The van der Waals surface area contributed by atoms with Gasteiger partial charge in [0.25, 0.3) is 0 Å². The second-order valence-electron chi connectivity index (χ2n) is 6.25. The van der Waals surface area contributed by atoms with Crippen LogP contribution in [0.15, 0.2) is 23.2 Å². The number of halogens is 1. The Hall–Kier alpha value is -1.22. The first kappa shape index (κ1) is 24.8. The van der Waals surface area contributed by atoms with E-state index in [-0.39, 0.29) is 36.0 Å². The van der Waals surface area contributed by atoms with Gasteiger partial charge in [-0.05, 0) is 48.8 Å². The lowest BCUT2D eigenvalue weighted by atomic mass is 9.79. The summed E-state index contributed by atoms with van der Waals surface area (Å²) < 4.78 is 10.6. The number of aliphatic hydroxyl groups excluding tert-OH is 1. The maximum Gasteiger partial charge on any atom is 0.188 e. The number of nitrogens with zero attached hydrogens (tertiary/aromatic N) is 1. The van der Waals surface area contributed by atoms with Gasteiger partial charge < -0.3 is 25.6 Å². The van der Waals surface area contributed by atoms with Crippen molar-refractivity contribution in [3.05, 3.63) is 23.8 Å². The van der Waals surface area contributed by atoms with Crippen molar-refractivity contribution in [3.63, 3.8) is 0 Å². The second kappa shape index (κ2) is 13.0. The van der Waals surface area contributed by atoms with E-state index in [1.165, 1.54) is 0 Å². The zero-order chi connectivity index (χ0) is 18.7. The van der Waals surface area contributed by atoms with E-state index in [2.05, 4.69) is 24.2 Å². The summed E-state index contributed by atoms with van der Waals surface area (Å²) in [6.45, 7) is 5.78. The summed E-state index contributed by atoms with van der Waals surface area (Å²) in [6, 6.07) is 5.88. The van der Waals surface area contributed by atoms with Gasteiger partial charge in [0, 0.05) is 19.7 Å². The molecule has 0 bridgehead atoms. The third kappa shape index (κ3) is 7.57. The molecule has 0 radical (unpaired) electrons. The minimum Gasteiger partial charge on any atom is -0.493 e. The van der Waals surface area contributed by atoms with Crippen LogP contribution in [0.5, 0.6) is 11.5 Å². The molecular weight excluding hydrogens is 445 g/mol. The molecule has 150 valence electrons. The quantitative estimate of drug-likeness (QED) is 0.258. The smallest absolute Gasteiger partial charge is 0.188 e. The first-order valence-corrected chi connectivity index (χ1v) is 8.89. The number of nitrogens with two attached hydrogens (primary N) is 1. The minimum atomic E-state index is 0. The third-order valence-electron chi connectivity index (χ3n) is 4.89. The van der Waals surface area contributed by atoms with Crippen LogP contribution in [0.2, 0.25) is 0 Å². The maximum absolute atomic E-state index is 9.26. The molecule has 6 nitrogen and oxygen atoms in total. The minimum absolute atomic E-state index is 0. The van der Waals surface area contributed by atoms with Gasteiger partial charge in [-0.15, -0.1) is 24.0 Å². The lowest BCUT2D eigenvalue weighted by molar-refractivity contribution is 0.175. The van der Waals surface area contributed by atoms with E-state index in [0.717, 1.165) is 42.7 Å². The van der Waals surface area contributed by atoms with Crippen LogP contribution in [0.1, 0.15) is 38.7 Å². The zero-order valence-corrected chi connectivity index (χ0v) is 18.7. The Balaban J connectivity index is 0.00000625. The molecule has 0 fully saturated rings. The monoisotopic (exact) mass is 479 g/mol. The maximum atomic E-state index is 9.26. The molecule has 0 aromatic heterocycles. The average molecular weight is 479 g/mol. The lowest BCUT2D eigenvalue weighted by Crippen LogP contribution is -2.35. The summed E-state index contributed by atoms with van der Waals surface area (Å²) in [5.41, 5.74) is 7.15. The van der Waals surface area contributed by atoms with Gasteiger partial charge in [0.2, 0.25) is 0 Å². The molecule has 0 aliphatic carbocycles. The number of rotatable bonds is 11. The van der Waals surface area contributed by atoms with E-state index >= 15 is 0 Å². The highest BCUT2D eigenvalue weighted by molar-refractivity contribution is 14.0. The predicted octanol–water partition coefficient (Wildman–Crippen LogP) is 2.96. The zero-order valence-electron chi connectivity index (χ0n) is 16.4. The Kier molecular flexibility index (Phi) is 12.4. The lowest BCUT2D eigenvalue weighted by Gasteiger charge is -2.29. The predicted molar refractivity (Wildman–Crippen MR) is 118 cm³/mol. The van der Waals surface area contributed by atoms with Gasteiger partial charge in [0.1, 0.15) is 0 Å². The summed E-state index contributed by atoms with van der Waals surface area (Å²) in [5, 5.41) is 12.4. The van der Waals surface area contributed by atoms with Crippen LogP contribution in [-0.4, -0.2) is 45.0 Å². The van der Waals surface area contributed by atoms with Gasteiger partial charge in [-0.2, -0.15) is 0 Å². The Bertz CT molecular complexity index is 549. The highest BCUT2D eigenvalue weighted by atomic mass is 127. The summed E-state index contributed by atoms with van der Waals surface area (Å²) in [7, 11) is 3.25. The van der Waals surface area contributed by atoms with Crippen LogP contribution in [0.3, 0.4) is 0 Å². The number of methoxy groups -OCH3 is 2. The van der Waals surface area contributed by atoms with Crippen LogP contribution in [0.25, 0.3) is 0 Å². The van der Waals surface area contributed by atoms with Gasteiger partial charge in [0.05, 0.1) is 14.2 Å². The highest BCUT2D eigenvalue weighted by Gasteiger charge is 2.25. The van der Waals surface area contributed by atoms with Crippen molar-refractivity contribution in [2.75, 3.05) is 33.9 Å². The Morgan fingerprint density at radius 2 is 1.85 bits per heavy atom. The summed E-state index contributed by atoms with van der Waals surface area (Å²) in [5.74, 6) is 1.89. The molecule has 0 atom stereocenters. The summed E-state index contributed by atoms with van der Waals surface area (Å²) in [6.07, 6.45) is 3.52. The molecule has 0 amide bonds. The molecule has 1 rings (SSSR count). The number of hydrogen-bond donors (Lipinski definition) is 3. The summed E-state index contributed by atoms with van der Waals surface area (Å²) in [4.78, 5) is 4.48. The Labute approximate surface area is 174 Å². The normalized spacial score (nSPS) is 11.7. The number of benzene rings is 1. The van der Waals surface area contributed by atoms with E-state index in [1.54, 1.807) is 14.2 Å². The van der Waals surface area contributed by atoms with Gasteiger partial charge in [0.15, 0.2) is 17.5 Å². The van der Waals surface area contributed by atoms with Crippen molar-refractivity contribution in [1.82, 2.24) is 5.32 Å². The fourth-order valence-corrected chi connectivity index (χ4v) is 2.82. The molecule has 4 N–H and O–H groups in total. The SMILES string of the molecule is CCC(CC)(CCO)CN=C(N)NCCc1ccc(OC)c(OC)c1.I. The molecule has 0 saturated heterocycles. The molecule has 1 aromatic carbocycles. The van der Waals surface area contributed by atoms with Gasteiger partial charge in [-0.3, -0.25) is 4.99 Å². The van der Waals surface area contributed by atoms with Crippen molar-refractivity contribution in [3.8, 4) is 11.5 Å². The fraction of sp³-hybridized carbons (Fsp3) is 0.632. The standard InChI is InChI=1S/C19H33N3O3.HI/c1-5-19(6-2,10-12-23)14-22-18(20)21-11-9-15-7-8-16(24-3)17(13-15)25-4;/h7-8,13,23H,5-6,9-12,14H2,1-4H3,(H3,20,21,22);1H. The molecule has 0 spiro atoms. The number of aliphatic hydroxyl groups is 1. The van der Waals surface area contributed by atoms with Crippen molar-refractivity contribution in [2.24, 2.45) is 16.1 Å². The molecule has 0 saturated carbocycles. The van der Waals surface area contributed by atoms with Crippen molar-refractivity contribution >= 4 is 29.9 Å². The van der Waals surface area contributed by atoms with Crippen LogP contribution >= 0.6 is 24.0 Å². The summed E-state index contributed by atoms with van der Waals surface area (Å²) >= 11 is 0. The topological polar surface area (TPSA) is 89.1 Å². The van der Waals surface area contributed by atoms with Crippen LogP contribution < -0.4 is 20.5 Å². The molecule has 26 heavy (non-hydrogen) atoms. The fourth-order valence-electron chi connectivity index (χ4n) is 2.82. The molecular formula is C19H34IN3O3. The highest BCUT2D eigenvalue weighted by Crippen LogP contribution is 2.30. The number of aliphatic imine (C=N–C) groups is 1.